The first kappa shape index (κ1) is 13.4. The van der Waals surface area contributed by atoms with Gasteiger partial charge in [-0.15, -0.1) is 0 Å². The van der Waals surface area contributed by atoms with E-state index in [1.807, 2.05) is 0 Å². The molecule has 0 bridgehead atoms. The summed E-state index contributed by atoms with van der Waals surface area (Å²) < 4.78 is 0. The number of aromatic amines is 1. The zero-order valence-electron chi connectivity index (χ0n) is 10.6. The van der Waals surface area contributed by atoms with Crippen molar-refractivity contribution in [3.63, 3.8) is 0 Å². The largest absolute Gasteiger partial charge is 0.480 e. The van der Waals surface area contributed by atoms with Gasteiger partial charge in [0.15, 0.2) is 0 Å². The lowest BCUT2D eigenvalue weighted by Gasteiger charge is -2.27. The molecule has 2 amide bonds. The Morgan fingerprint density at radius 1 is 1.37 bits per heavy atom. The number of aromatic nitrogens is 2. The van der Waals surface area contributed by atoms with Gasteiger partial charge in [0.25, 0.3) is 0 Å². The lowest BCUT2D eigenvalue weighted by Crippen LogP contribution is -2.48. The summed E-state index contributed by atoms with van der Waals surface area (Å²) >= 11 is 0. The van der Waals surface area contributed by atoms with E-state index in [1.54, 1.807) is 0 Å². The third-order valence-corrected chi connectivity index (χ3v) is 3.43. The number of anilines is 1. The van der Waals surface area contributed by atoms with Crippen molar-refractivity contribution in [2.45, 2.75) is 38.1 Å². The van der Waals surface area contributed by atoms with E-state index >= 15 is 0 Å². The molecule has 2 rings (SSSR count). The highest BCUT2D eigenvalue weighted by molar-refractivity contribution is 5.92. The molecular weight excluding hydrogens is 248 g/mol. The number of rotatable bonds is 4. The molecule has 4 N–H and O–H groups in total. The van der Waals surface area contributed by atoms with Crippen molar-refractivity contribution < 1.29 is 14.7 Å². The molecule has 0 aromatic carbocycles. The first-order valence-corrected chi connectivity index (χ1v) is 6.46. The second kappa shape index (κ2) is 6.21. The fourth-order valence-corrected chi connectivity index (χ4v) is 2.48. The van der Waals surface area contributed by atoms with E-state index in [4.69, 9.17) is 0 Å². The topological polar surface area (TPSA) is 107 Å². The highest BCUT2D eigenvalue weighted by Gasteiger charge is 2.30. The zero-order valence-corrected chi connectivity index (χ0v) is 10.6. The van der Waals surface area contributed by atoms with Crippen LogP contribution < -0.4 is 10.6 Å². The van der Waals surface area contributed by atoms with Crippen molar-refractivity contribution in [2.24, 2.45) is 5.92 Å². The number of amides is 2. The monoisotopic (exact) mass is 266 g/mol. The number of hydrogen-bond acceptors (Lipinski definition) is 3. The third-order valence-electron chi connectivity index (χ3n) is 3.43. The van der Waals surface area contributed by atoms with E-state index in [9.17, 15) is 14.7 Å². The van der Waals surface area contributed by atoms with Gasteiger partial charge in [-0.1, -0.05) is 19.3 Å². The predicted molar refractivity (Wildman–Crippen MR) is 68.7 cm³/mol. The van der Waals surface area contributed by atoms with Crippen LogP contribution in [0.5, 0.6) is 0 Å². The molecule has 0 radical (unpaired) electrons. The van der Waals surface area contributed by atoms with Gasteiger partial charge in [0, 0.05) is 6.20 Å². The Morgan fingerprint density at radius 3 is 2.68 bits per heavy atom. The number of carboxylic acid groups (broad SMARTS) is 1. The number of hydrogen-bond donors (Lipinski definition) is 4. The van der Waals surface area contributed by atoms with Crippen molar-refractivity contribution in [1.82, 2.24) is 15.5 Å². The van der Waals surface area contributed by atoms with Gasteiger partial charge in [-0.2, -0.15) is 5.10 Å². The number of aliphatic carboxylic acids is 1. The summed E-state index contributed by atoms with van der Waals surface area (Å²) in [5, 5.41) is 20.6. The number of urea groups is 1. The molecule has 7 nitrogen and oxygen atoms in total. The average molecular weight is 266 g/mol. The van der Waals surface area contributed by atoms with E-state index in [2.05, 4.69) is 20.8 Å². The van der Waals surface area contributed by atoms with Crippen molar-refractivity contribution in [2.75, 3.05) is 5.32 Å². The molecule has 1 aromatic rings. The minimum absolute atomic E-state index is 0.0151. The molecule has 1 aliphatic rings. The summed E-state index contributed by atoms with van der Waals surface area (Å²) in [6.45, 7) is 0. The number of carboxylic acids is 1. The minimum Gasteiger partial charge on any atom is -0.480 e. The standard InChI is InChI=1S/C12H18N4O3/c17-11(18)10(8-4-2-1-3-5-8)16-12(19)15-9-6-13-14-7-9/h6-8,10H,1-5H2,(H,13,14)(H,17,18)(H2,15,16,19). The fraction of sp³-hybridized carbons (Fsp3) is 0.583. The maximum absolute atomic E-state index is 11.7. The fourth-order valence-electron chi connectivity index (χ4n) is 2.48. The summed E-state index contributed by atoms with van der Waals surface area (Å²) in [6, 6.07) is -1.34. The zero-order chi connectivity index (χ0) is 13.7. The van der Waals surface area contributed by atoms with Gasteiger partial charge in [0.05, 0.1) is 11.9 Å². The average Bonchev–Trinajstić information content (AvgIpc) is 2.89. The van der Waals surface area contributed by atoms with Gasteiger partial charge in [-0.3, -0.25) is 5.10 Å². The Balaban J connectivity index is 1.92. The normalized spacial score (nSPS) is 17.7. The van der Waals surface area contributed by atoms with Crippen LogP contribution in [-0.4, -0.2) is 33.3 Å². The smallest absolute Gasteiger partial charge is 0.326 e. The van der Waals surface area contributed by atoms with Gasteiger partial charge >= 0.3 is 12.0 Å². The number of carbonyl (C=O) groups excluding carboxylic acids is 1. The molecule has 1 aliphatic carbocycles. The lowest BCUT2D eigenvalue weighted by atomic mass is 9.84. The summed E-state index contributed by atoms with van der Waals surface area (Å²) in [5.74, 6) is -0.962. The van der Waals surface area contributed by atoms with E-state index in [0.717, 1.165) is 32.1 Å². The summed E-state index contributed by atoms with van der Waals surface area (Å²) in [5.41, 5.74) is 0.505. The van der Waals surface area contributed by atoms with Crippen LogP contribution >= 0.6 is 0 Å². The minimum atomic E-state index is -0.978. The SMILES string of the molecule is O=C(Nc1cn[nH]c1)NC(C(=O)O)C1CCCCC1. The number of nitrogens with one attached hydrogen (secondary N) is 3. The molecule has 1 heterocycles. The molecule has 104 valence electrons. The summed E-state index contributed by atoms with van der Waals surface area (Å²) in [6.07, 6.45) is 7.88. The molecule has 19 heavy (non-hydrogen) atoms. The van der Waals surface area contributed by atoms with Gasteiger partial charge in [-0.25, -0.2) is 9.59 Å². The maximum Gasteiger partial charge on any atom is 0.326 e. The van der Waals surface area contributed by atoms with E-state index in [0.29, 0.717) is 5.69 Å². The predicted octanol–water partition coefficient (Wildman–Crippen LogP) is 1.56. The van der Waals surface area contributed by atoms with Crippen LogP contribution in [0.15, 0.2) is 12.4 Å². The molecule has 1 aromatic heterocycles. The molecular formula is C12H18N4O3. The Bertz CT molecular complexity index is 426. The Morgan fingerprint density at radius 2 is 2.11 bits per heavy atom. The molecule has 1 unspecified atom stereocenters. The molecule has 1 atom stereocenters. The Kier molecular flexibility index (Phi) is 4.38. The van der Waals surface area contributed by atoms with E-state index < -0.39 is 18.0 Å². The van der Waals surface area contributed by atoms with E-state index in [1.165, 1.54) is 12.4 Å². The highest BCUT2D eigenvalue weighted by Crippen LogP contribution is 2.26. The Labute approximate surface area is 110 Å². The van der Waals surface area contributed by atoms with Gasteiger partial charge in [0.1, 0.15) is 6.04 Å². The van der Waals surface area contributed by atoms with Gasteiger partial charge < -0.3 is 15.7 Å². The number of carbonyl (C=O) groups is 2. The van der Waals surface area contributed by atoms with Gasteiger partial charge in [0.2, 0.25) is 0 Å². The number of nitrogens with zero attached hydrogens (tertiary/aromatic N) is 1. The van der Waals surface area contributed by atoms with Crippen LogP contribution in [0.1, 0.15) is 32.1 Å². The molecule has 0 saturated heterocycles. The van der Waals surface area contributed by atoms with Crippen LogP contribution in [-0.2, 0) is 4.79 Å². The van der Waals surface area contributed by atoms with Crippen LogP contribution in [0.25, 0.3) is 0 Å². The first-order chi connectivity index (χ1) is 9.16. The first-order valence-electron chi connectivity index (χ1n) is 6.46. The maximum atomic E-state index is 11.7. The molecule has 7 heteroatoms. The quantitative estimate of drug-likeness (QED) is 0.663. The van der Waals surface area contributed by atoms with Crippen LogP contribution in [0.2, 0.25) is 0 Å². The van der Waals surface area contributed by atoms with Crippen molar-refractivity contribution in [3.05, 3.63) is 12.4 Å². The van der Waals surface area contributed by atoms with E-state index in [-0.39, 0.29) is 5.92 Å². The second-order valence-electron chi connectivity index (χ2n) is 4.80. The summed E-state index contributed by atoms with van der Waals surface area (Å²) in [7, 11) is 0. The molecule has 0 spiro atoms. The Hall–Kier alpha value is -2.05. The van der Waals surface area contributed by atoms with Crippen molar-refractivity contribution in [3.8, 4) is 0 Å². The third kappa shape index (κ3) is 3.70. The number of H-pyrrole nitrogens is 1. The molecule has 0 aliphatic heterocycles. The molecule has 1 saturated carbocycles. The van der Waals surface area contributed by atoms with Crippen molar-refractivity contribution >= 4 is 17.7 Å². The lowest BCUT2D eigenvalue weighted by molar-refractivity contribution is -0.141. The second-order valence-corrected chi connectivity index (χ2v) is 4.80. The van der Waals surface area contributed by atoms with Crippen molar-refractivity contribution in [1.29, 1.82) is 0 Å². The van der Waals surface area contributed by atoms with Crippen LogP contribution in [0, 0.1) is 5.92 Å². The molecule has 1 fully saturated rings. The highest BCUT2D eigenvalue weighted by atomic mass is 16.4. The summed E-state index contributed by atoms with van der Waals surface area (Å²) in [4.78, 5) is 23.0. The van der Waals surface area contributed by atoms with Gasteiger partial charge in [-0.05, 0) is 18.8 Å². The van der Waals surface area contributed by atoms with Crippen LogP contribution in [0.4, 0.5) is 10.5 Å². The van der Waals surface area contributed by atoms with Crippen LogP contribution in [0.3, 0.4) is 0 Å².